The van der Waals surface area contributed by atoms with Crippen LogP contribution in [-0.2, 0) is 11.8 Å². The molecule has 2 aliphatic rings. The number of benzene rings is 5. The van der Waals surface area contributed by atoms with Crippen LogP contribution in [0.4, 0.5) is 0 Å². The summed E-state index contributed by atoms with van der Waals surface area (Å²) in [6, 6.07) is 41.9. The van der Waals surface area contributed by atoms with Gasteiger partial charge in [0.05, 0.1) is 5.41 Å². The van der Waals surface area contributed by atoms with E-state index in [1.54, 1.807) is 0 Å². The molecule has 0 aliphatic heterocycles. The first-order valence-electron chi connectivity index (χ1n) is 11.4. The smallest absolute Gasteiger partial charge is 0.0728 e. The highest BCUT2D eigenvalue weighted by molar-refractivity contribution is 6.31. The number of hydrogen-bond acceptors (Lipinski definition) is 0. The average molecular weight is 441 g/mol. The molecular formula is C32H21Cl. The fourth-order valence-electron chi connectivity index (χ4n) is 6.24. The van der Waals surface area contributed by atoms with E-state index < -0.39 is 0 Å². The SMILES string of the molecule is Clc1ccccc1Cc1cccc2c1C1(c3ccccc3-c3ccccc31)c1ccccc1-2. The molecule has 5 aromatic rings. The fraction of sp³-hybridized carbons (Fsp3) is 0.0625. The largest absolute Gasteiger partial charge is 0.0840 e. The lowest BCUT2D eigenvalue weighted by atomic mass is 9.69. The molecule has 0 saturated carbocycles. The summed E-state index contributed by atoms with van der Waals surface area (Å²) in [5.74, 6) is 0. The van der Waals surface area contributed by atoms with Gasteiger partial charge in [-0.3, -0.25) is 0 Å². The molecule has 0 unspecified atom stereocenters. The van der Waals surface area contributed by atoms with Gasteiger partial charge in [0.15, 0.2) is 0 Å². The molecule has 0 atom stereocenters. The Morgan fingerprint density at radius 3 is 1.52 bits per heavy atom. The summed E-state index contributed by atoms with van der Waals surface area (Å²) < 4.78 is 0. The molecule has 0 amide bonds. The first-order valence-corrected chi connectivity index (χ1v) is 11.8. The van der Waals surface area contributed by atoms with E-state index in [-0.39, 0.29) is 5.41 Å². The van der Waals surface area contributed by atoms with Gasteiger partial charge in [-0.15, -0.1) is 0 Å². The van der Waals surface area contributed by atoms with E-state index in [0.29, 0.717) is 0 Å². The van der Waals surface area contributed by atoms with Crippen LogP contribution >= 0.6 is 11.6 Å². The quantitative estimate of drug-likeness (QED) is 0.253. The molecule has 2 aliphatic carbocycles. The van der Waals surface area contributed by atoms with Crippen LogP contribution in [0.5, 0.6) is 0 Å². The van der Waals surface area contributed by atoms with E-state index in [1.807, 2.05) is 12.1 Å². The molecule has 0 fully saturated rings. The van der Waals surface area contributed by atoms with Gasteiger partial charge in [0.1, 0.15) is 0 Å². The summed E-state index contributed by atoms with van der Waals surface area (Å²) in [6.07, 6.45) is 0.808. The highest BCUT2D eigenvalue weighted by Crippen LogP contribution is 2.63. The highest BCUT2D eigenvalue weighted by atomic mass is 35.5. The van der Waals surface area contributed by atoms with Gasteiger partial charge in [-0.05, 0) is 68.1 Å². The Morgan fingerprint density at radius 2 is 0.909 bits per heavy atom. The second kappa shape index (κ2) is 6.94. The molecule has 0 N–H and O–H groups in total. The minimum absolute atomic E-state index is 0.309. The molecule has 1 heteroatoms. The molecule has 5 aromatic carbocycles. The van der Waals surface area contributed by atoms with Crippen LogP contribution < -0.4 is 0 Å². The van der Waals surface area contributed by atoms with Crippen LogP contribution in [0, 0.1) is 0 Å². The maximum atomic E-state index is 6.63. The minimum Gasteiger partial charge on any atom is -0.0840 e. The van der Waals surface area contributed by atoms with Crippen LogP contribution in [0.2, 0.25) is 5.02 Å². The average Bonchev–Trinajstić information content (AvgIpc) is 3.34. The van der Waals surface area contributed by atoms with Crippen molar-refractivity contribution in [2.24, 2.45) is 0 Å². The lowest BCUT2D eigenvalue weighted by molar-refractivity contribution is 0.781. The van der Waals surface area contributed by atoms with Gasteiger partial charge in [-0.25, -0.2) is 0 Å². The van der Waals surface area contributed by atoms with Gasteiger partial charge in [-0.1, -0.05) is 121 Å². The number of fused-ring (bicyclic) bond motifs is 10. The second-order valence-electron chi connectivity index (χ2n) is 8.99. The van der Waals surface area contributed by atoms with Crippen LogP contribution in [-0.4, -0.2) is 0 Å². The number of rotatable bonds is 2. The van der Waals surface area contributed by atoms with Crippen molar-refractivity contribution in [1.29, 1.82) is 0 Å². The van der Waals surface area contributed by atoms with E-state index in [0.717, 1.165) is 11.4 Å². The first-order chi connectivity index (χ1) is 16.3. The monoisotopic (exact) mass is 440 g/mol. The molecule has 1 spiro atoms. The first kappa shape index (κ1) is 18.9. The van der Waals surface area contributed by atoms with Gasteiger partial charge in [0, 0.05) is 5.02 Å². The molecule has 0 nitrogen and oxygen atoms in total. The van der Waals surface area contributed by atoms with E-state index in [9.17, 15) is 0 Å². The number of hydrogen-bond donors (Lipinski definition) is 0. The molecule has 156 valence electrons. The zero-order valence-electron chi connectivity index (χ0n) is 18.1. The molecule has 0 aromatic heterocycles. The van der Waals surface area contributed by atoms with Crippen molar-refractivity contribution in [3.63, 3.8) is 0 Å². The lowest BCUT2D eigenvalue weighted by Gasteiger charge is -2.32. The van der Waals surface area contributed by atoms with Crippen molar-refractivity contribution in [3.05, 3.63) is 154 Å². The van der Waals surface area contributed by atoms with Crippen molar-refractivity contribution in [2.45, 2.75) is 11.8 Å². The molecule has 0 saturated heterocycles. The Bertz CT molecular complexity index is 1500. The lowest BCUT2D eigenvalue weighted by Crippen LogP contribution is -2.27. The van der Waals surface area contributed by atoms with Crippen molar-refractivity contribution < 1.29 is 0 Å². The van der Waals surface area contributed by atoms with Crippen molar-refractivity contribution >= 4 is 11.6 Å². The summed E-state index contributed by atoms with van der Waals surface area (Å²) in [5.41, 5.74) is 13.1. The van der Waals surface area contributed by atoms with Crippen molar-refractivity contribution in [1.82, 2.24) is 0 Å². The Morgan fingerprint density at radius 1 is 0.455 bits per heavy atom. The number of halogens is 1. The zero-order chi connectivity index (χ0) is 22.0. The molecule has 7 rings (SSSR count). The maximum absolute atomic E-state index is 6.63. The zero-order valence-corrected chi connectivity index (χ0v) is 18.8. The minimum atomic E-state index is -0.309. The predicted octanol–water partition coefficient (Wildman–Crippen LogP) is 8.27. The van der Waals surface area contributed by atoms with E-state index in [4.69, 9.17) is 11.6 Å². The Kier molecular flexibility index (Phi) is 3.98. The highest BCUT2D eigenvalue weighted by Gasteiger charge is 2.52. The normalized spacial score (nSPS) is 14.0. The third-order valence-electron chi connectivity index (χ3n) is 7.44. The van der Waals surface area contributed by atoms with Gasteiger partial charge in [0.2, 0.25) is 0 Å². The third kappa shape index (κ3) is 2.42. The topological polar surface area (TPSA) is 0 Å². The van der Waals surface area contributed by atoms with Gasteiger partial charge >= 0.3 is 0 Å². The molecular weight excluding hydrogens is 420 g/mol. The van der Waals surface area contributed by atoms with Crippen LogP contribution in [0.25, 0.3) is 22.3 Å². The Hall–Kier alpha value is -3.61. The standard InChI is InChI=1S/C32H21Cl/c33-30-19-8-1-10-21(30)20-22-11-9-15-26-25-14-4-7-18-29(25)32(31(22)26)27-16-5-2-12-23(27)24-13-3-6-17-28(24)32/h1-19H,20H2. The van der Waals surface area contributed by atoms with Crippen LogP contribution in [0.3, 0.4) is 0 Å². The van der Waals surface area contributed by atoms with Gasteiger partial charge < -0.3 is 0 Å². The summed E-state index contributed by atoms with van der Waals surface area (Å²) in [6.45, 7) is 0. The van der Waals surface area contributed by atoms with E-state index in [2.05, 4.69) is 103 Å². The van der Waals surface area contributed by atoms with E-state index >= 15 is 0 Å². The summed E-state index contributed by atoms with van der Waals surface area (Å²) in [5, 5.41) is 0.826. The van der Waals surface area contributed by atoms with Crippen LogP contribution in [0.1, 0.15) is 33.4 Å². The Labute approximate surface area is 199 Å². The van der Waals surface area contributed by atoms with E-state index in [1.165, 1.54) is 55.6 Å². The molecule has 33 heavy (non-hydrogen) atoms. The summed E-state index contributed by atoms with van der Waals surface area (Å²) in [4.78, 5) is 0. The molecule has 0 heterocycles. The fourth-order valence-corrected chi connectivity index (χ4v) is 6.44. The maximum Gasteiger partial charge on any atom is 0.0728 e. The van der Waals surface area contributed by atoms with Crippen molar-refractivity contribution in [3.8, 4) is 22.3 Å². The predicted molar refractivity (Wildman–Crippen MR) is 137 cm³/mol. The van der Waals surface area contributed by atoms with Gasteiger partial charge in [-0.2, -0.15) is 0 Å². The van der Waals surface area contributed by atoms with Crippen molar-refractivity contribution in [2.75, 3.05) is 0 Å². The summed E-state index contributed by atoms with van der Waals surface area (Å²) >= 11 is 6.63. The second-order valence-corrected chi connectivity index (χ2v) is 9.40. The third-order valence-corrected chi connectivity index (χ3v) is 7.81. The summed E-state index contributed by atoms with van der Waals surface area (Å²) in [7, 11) is 0. The van der Waals surface area contributed by atoms with Crippen LogP contribution in [0.15, 0.2) is 115 Å². The van der Waals surface area contributed by atoms with Gasteiger partial charge in [0.25, 0.3) is 0 Å². The molecule has 0 radical (unpaired) electrons. The Balaban J connectivity index is 1.62. The molecule has 0 bridgehead atoms.